The Morgan fingerprint density at radius 2 is 1.79 bits per heavy atom. The molecule has 19 heavy (non-hydrogen) atoms. The van der Waals surface area contributed by atoms with Crippen molar-refractivity contribution in [1.82, 2.24) is 10.3 Å². The van der Waals surface area contributed by atoms with Crippen molar-refractivity contribution in [2.75, 3.05) is 11.1 Å². The van der Waals surface area contributed by atoms with Crippen LogP contribution < -0.4 is 11.1 Å². The minimum atomic E-state index is -0.935. The lowest BCUT2D eigenvalue weighted by molar-refractivity contribution is 0.316. The zero-order chi connectivity index (χ0) is 13.4. The van der Waals surface area contributed by atoms with Crippen molar-refractivity contribution >= 4 is 28.1 Å². The van der Waals surface area contributed by atoms with Crippen LogP contribution in [0.15, 0.2) is 35.0 Å². The summed E-state index contributed by atoms with van der Waals surface area (Å²) in [5.41, 5.74) is 7.88. The van der Waals surface area contributed by atoms with Gasteiger partial charge in [0.05, 0.1) is 11.4 Å². The van der Waals surface area contributed by atoms with Crippen LogP contribution in [0.5, 0.6) is 0 Å². The standard InChI is InChI=1S/C12H8F2N4O/c13-7-2-1-6(5-8(7)14)16-10-4-3-9(15)11-12(10)18-19-17-11/h1-5,16H,15H2. The van der Waals surface area contributed by atoms with Gasteiger partial charge in [-0.1, -0.05) is 0 Å². The summed E-state index contributed by atoms with van der Waals surface area (Å²) in [5.74, 6) is -1.84. The highest BCUT2D eigenvalue weighted by molar-refractivity contribution is 5.96. The van der Waals surface area contributed by atoms with Gasteiger partial charge in [-0.2, -0.15) is 0 Å². The second kappa shape index (κ2) is 4.20. The summed E-state index contributed by atoms with van der Waals surface area (Å²) in [7, 11) is 0. The number of nitrogen functional groups attached to an aromatic ring is 1. The van der Waals surface area contributed by atoms with E-state index in [0.717, 1.165) is 12.1 Å². The highest BCUT2D eigenvalue weighted by atomic mass is 19.2. The lowest BCUT2D eigenvalue weighted by Crippen LogP contribution is -1.95. The lowest BCUT2D eigenvalue weighted by atomic mass is 10.2. The van der Waals surface area contributed by atoms with E-state index >= 15 is 0 Å². The summed E-state index contributed by atoms with van der Waals surface area (Å²) in [6, 6.07) is 6.77. The van der Waals surface area contributed by atoms with E-state index in [9.17, 15) is 8.78 Å². The minimum absolute atomic E-state index is 0.382. The van der Waals surface area contributed by atoms with E-state index in [0.29, 0.717) is 28.1 Å². The van der Waals surface area contributed by atoms with Crippen LogP contribution in [-0.4, -0.2) is 10.3 Å². The number of aromatic nitrogens is 2. The number of nitrogens with one attached hydrogen (secondary N) is 1. The number of hydrogen-bond acceptors (Lipinski definition) is 5. The van der Waals surface area contributed by atoms with Gasteiger partial charge in [-0.25, -0.2) is 13.4 Å². The molecule has 0 unspecified atom stereocenters. The summed E-state index contributed by atoms with van der Waals surface area (Å²) >= 11 is 0. The molecule has 0 amide bonds. The average Bonchev–Trinajstić information content (AvgIpc) is 2.87. The third-order valence-corrected chi connectivity index (χ3v) is 2.65. The number of anilines is 3. The molecule has 0 fully saturated rings. The van der Waals surface area contributed by atoms with Crippen molar-refractivity contribution in [3.63, 3.8) is 0 Å². The molecule has 0 radical (unpaired) electrons. The fourth-order valence-corrected chi connectivity index (χ4v) is 1.72. The number of nitrogens with zero attached hydrogens (tertiary/aromatic N) is 2. The predicted molar refractivity (Wildman–Crippen MR) is 65.9 cm³/mol. The second-order valence-electron chi connectivity index (χ2n) is 3.92. The van der Waals surface area contributed by atoms with E-state index in [-0.39, 0.29) is 0 Å². The topological polar surface area (TPSA) is 77.0 Å². The molecule has 2 aromatic carbocycles. The van der Waals surface area contributed by atoms with Gasteiger partial charge >= 0.3 is 0 Å². The van der Waals surface area contributed by atoms with Gasteiger partial charge in [-0.05, 0) is 34.6 Å². The summed E-state index contributed by atoms with van der Waals surface area (Å²) in [6.07, 6.45) is 0. The normalized spacial score (nSPS) is 10.8. The summed E-state index contributed by atoms with van der Waals surface area (Å²) in [5, 5.41) is 10.3. The van der Waals surface area contributed by atoms with Crippen molar-refractivity contribution in [2.24, 2.45) is 0 Å². The van der Waals surface area contributed by atoms with E-state index in [1.807, 2.05) is 0 Å². The van der Waals surface area contributed by atoms with Gasteiger partial charge in [0.15, 0.2) is 22.7 Å². The number of rotatable bonds is 2. The van der Waals surface area contributed by atoms with Crippen LogP contribution in [-0.2, 0) is 0 Å². The molecule has 0 aliphatic rings. The van der Waals surface area contributed by atoms with E-state index < -0.39 is 11.6 Å². The van der Waals surface area contributed by atoms with Crippen LogP contribution >= 0.6 is 0 Å². The largest absolute Gasteiger partial charge is 0.397 e. The molecule has 96 valence electrons. The molecule has 3 N–H and O–H groups in total. The fraction of sp³-hybridized carbons (Fsp3) is 0. The molecule has 3 rings (SSSR count). The lowest BCUT2D eigenvalue weighted by Gasteiger charge is -2.07. The Kier molecular flexibility index (Phi) is 2.52. The maximum Gasteiger partial charge on any atom is 0.160 e. The van der Waals surface area contributed by atoms with Crippen LogP contribution in [0.1, 0.15) is 0 Å². The number of benzene rings is 2. The first-order valence-corrected chi connectivity index (χ1v) is 5.38. The van der Waals surface area contributed by atoms with E-state index in [1.54, 1.807) is 12.1 Å². The molecule has 7 heteroatoms. The van der Waals surface area contributed by atoms with E-state index in [1.165, 1.54) is 6.07 Å². The van der Waals surface area contributed by atoms with Crippen LogP contribution in [0.2, 0.25) is 0 Å². The molecule has 0 aliphatic heterocycles. The quantitative estimate of drug-likeness (QED) is 0.694. The molecule has 0 bridgehead atoms. The molecule has 5 nitrogen and oxygen atoms in total. The van der Waals surface area contributed by atoms with E-state index in [2.05, 4.69) is 20.3 Å². The molecule has 0 saturated heterocycles. The molecule has 1 aromatic heterocycles. The Labute approximate surface area is 106 Å². The monoisotopic (exact) mass is 262 g/mol. The molecule has 1 heterocycles. The van der Waals surface area contributed by atoms with Crippen molar-refractivity contribution in [3.05, 3.63) is 42.0 Å². The van der Waals surface area contributed by atoms with Crippen LogP contribution in [0.4, 0.5) is 25.8 Å². The number of halogens is 2. The first-order chi connectivity index (χ1) is 9.15. The zero-order valence-corrected chi connectivity index (χ0v) is 9.52. The van der Waals surface area contributed by atoms with Gasteiger partial charge in [0.1, 0.15) is 0 Å². The van der Waals surface area contributed by atoms with Crippen molar-refractivity contribution in [1.29, 1.82) is 0 Å². The molecule has 0 aliphatic carbocycles. The molecule has 0 atom stereocenters. The predicted octanol–water partition coefficient (Wildman–Crippen LogP) is 2.83. The Morgan fingerprint density at radius 1 is 1.00 bits per heavy atom. The molecule has 3 aromatic rings. The van der Waals surface area contributed by atoms with Gasteiger partial charge in [0.25, 0.3) is 0 Å². The van der Waals surface area contributed by atoms with Crippen LogP contribution in [0.25, 0.3) is 11.0 Å². The number of fused-ring (bicyclic) bond motifs is 1. The third-order valence-electron chi connectivity index (χ3n) is 2.65. The molecular formula is C12H8F2N4O. The number of nitrogens with two attached hydrogens (primary N) is 1. The minimum Gasteiger partial charge on any atom is -0.397 e. The zero-order valence-electron chi connectivity index (χ0n) is 9.52. The van der Waals surface area contributed by atoms with Gasteiger partial charge in [-0.15, -0.1) is 0 Å². The SMILES string of the molecule is Nc1ccc(Nc2ccc(F)c(F)c2)c2nonc12. The van der Waals surface area contributed by atoms with Gasteiger partial charge in [0, 0.05) is 11.8 Å². The Hall–Kier alpha value is -2.70. The Morgan fingerprint density at radius 3 is 2.58 bits per heavy atom. The fourth-order valence-electron chi connectivity index (χ4n) is 1.72. The smallest absolute Gasteiger partial charge is 0.160 e. The van der Waals surface area contributed by atoms with E-state index in [4.69, 9.17) is 5.73 Å². The summed E-state index contributed by atoms with van der Waals surface area (Å²) in [4.78, 5) is 0. The number of hydrogen-bond donors (Lipinski definition) is 2. The molecule has 0 saturated carbocycles. The highest BCUT2D eigenvalue weighted by Gasteiger charge is 2.11. The molecular weight excluding hydrogens is 254 g/mol. The Bertz CT molecular complexity index is 757. The van der Waals surface area contributed by atoms with Crippen molar-refractivity contribution < 1.29 is 13.4 Å². The van der Waals surface area contributed by atoms with Crippen LogP contribution in [0.3, 0.4) is 0 Å². The molecule has 0 spiro atoms. The third kappa shape index (κ3) is 1.95. The van der Waals surface area contributed by atoms with Crippen molar-refractivity contribution in [3.8, 4) is 0 Å². The van der Waals surface area contributed by atoms with Crippen molar-refractivity contribution in [2.45, 2.75) is 0 Å². The summed E-state index contributed by atoms with van der Waals surface area (Å²) in [6.45, 7) is 0. The Balaban J connectivity index is 2.03. The maximum atomic E-state index is 13.1. The van der Waals surface area contributed by atoms with Crippen LogP contribution in [0, 0.1) is 11.6 Å². The first-order valence-electron chi connectivity index (χ1n) is 5.38. The van der Waals surface area contributed by atoms with Gasteiger partial charge < -0.3 is 11.1 Å². The van der Waals surface area contributed by atoms with Gasteiger partial charge in [0.2, 0.25) is 0 Å². The van der Waals surface area contributed by atoms with Gasteiger partial charge in [-0.3, -0.25) is 0 Å². The maximum absolute atomic E-state index is 13.1. The highest BCUT2D eigenvalue weighted by Crippen LogP contribution is 2.28. The summed E-state index contributed by atoms with van der Waals surface area (Å²) < 4.78 is 30.6. The second-order valence-corrected chi connectivity index (χ2v) is 3.92. The first kappa shape index (κ1) is 11.4. The average molecular weight is 262 g/mol.